The van der Waals surface area contributed by atoms with Crippen LogP contribution in [-0.2, 0) is 4.74 Å². The molecule has 1 unspecified atom stereocenters. The molecule has 1 heterocycles. The van der Waals surface area contributed by atoms with E-state index in [0.717, 1.165) is 19.1 Å². The minimum Gasteiger partial charge on any atom is -0.497 e. The van der Waals surface area contributed by atoms with E-state index in [1.807, 2.05) is 0 Å². The number of rotatable bonds is 6. The zero-order valence-electron chi connectivity index (χ0n) is 9.80. The third-order valence-corrected chi connectivity index (χ3v) is 3.21. The van der Waals surface area contributed by atoms with Crippen molar-refractivity contribution in [3.05, 3.63) is 11.8 Å². The second kappa shape index (κ2) is 5.55. The average molecular weight is 209 g/mol. The van der Waals surface area contributed by atoms with E-state index in [4.69, 9.17) is 4.74 Å². The largest absolute Gasteiger partial charge is 0.497 e. The lowest BCUT2D eigenvalue weighted by Crippen LogP contribution is -2.34. The number of hydrogen-bond donors (Lipinski definition) is 1. The summed E-state index contributed by atoms with van der Waals surface area (Å²) in [6.07, 6.45) is 10.0. The summed E-state index contributed by atoms with van der Waals surface area (Å²) in [5.74, 6) is 2.19. The molecule has 1 fully saturated rings. The summed E-state index contributed by atoms with van der Waals surface area (Å²) in [5, 5.41) is 3.62. The van der Waals surface area contributed by atoms with Gasteiger partial charge in [0.05, 0.1) is 12.6 Å². The molecule has 0 amide bonds. The Morgan fingerprint density at radius 3 is 3.00 bits per heavy atom. The van der Waals surface area contributed by atoms with E-state index in [-0.39, 0.29) is 0 Å². The van der Waals surface area contributed by atoms with Crippen molar-refractivity contribution in [1.29, 1.82) is 0 Å². The van der Waals surface area contributed by atoms with Gasteiger partial charge in [-0.1, -0.05) is 19.8 Å². The van der Waals surface area contributed by atoms with Gasteiger partial charge in [-0.2, -0.15) is 0 Å². The van der Waals surface area contributed by atoms with Gasteiger partial charge in [0.1, 0.15) is 5.76 Å². The molecule has 2 aliphatic rings. The van der Waals surface area contributed by atoms with E-state index in [1.54, 1.807) is 0 Å². The third kappa shape index (κ3) is 3.53. The van der Waals surface area contributed by atoms with Crippen LogP contribution in [0.5, 0.6) is 0 Å². The fraction of sp³-hybridized carbons (Fsp3) is 0.846. The monoisotopic (exact) mass is 209 g/mol. The second-order valence-corrected chi connectivity index (χ2v) is 4.78. The van der Waals surface area contributed by atoms with E-state index in [2.05, 4.69) is 18.3 Å². The molecule has 86 valence electrons. The second-order valence-electron chi connectivity index (χ2n) is 4.78. The molecule has 0 aromatic rings. The molecule has 1 N–H and O–H groups in total. The van der Waals surface area contributed by atoms with Crippen molar-refractivity contribution in [1.82, 2.24) is 5.32 Å². The normalized spacial score (nSPS) is 23.1. The number of nitrogens with one attached hydrogen (secondary N) is 1. The van der Waals surface area contributed by atoms with E-state index >= 15 is 0 Å². The molecule has 0 aromatic heterocycles. The lowest BCUT2D eigenvalue weighted by Gasteiger charge is -2.24. The van der Waals surface area contributed by atoms with Crippen molar-refractivity contribution in [2.45, 2.75) is 51.5 Å². The van der Waals surface area contributed by atoms with Crippen LogP contribution in [0.3, 0.4) is 0 Å². The maximum Gasteiger partial charge on any atom is 0.109 e. The Morgan fingerprint density at radius 1 is 1.53 bits per heavy atom. The summed E-state index contributed by atoms with van der Waals surface area (Å²) in [6.45, 7) is 4.25. The molecule has 0 saturated heterocycles. The van der Waals surface area contributed by atoms with Gasteiger partial charge in [0, 0.05) is 0 Å². The highest BCUT2D eigenvalue weighted by Crippen LogP contribution is 2.35. The first-order chi connectivity index (χ1) is 7.40. The average Bonchev–Trinajstić information content (AvgIpc) is 3.09. The Balaban J connectivity index is 1.86. The van der Waals surface area contributed by atoms with Gasteiger partial charge < -0.3 is 10.1 Å². The Morgan fingerprint density at radius 2 is 2.40 bits per heavy atom. The van der Waals surface area contributed by atoms with Crippen molar-refractivity contribution in [3.63, 3.8) is 0 Å². The lowest BCUT2D eigenvalue weighted by molar-refractivity contribution is 0.163. The molecule has 2 rings (SSSR count). The molecule has 1 atom stereocenters. The van der Waals surface area contributed by atoms with Crippen molar-refractivity contribution >= 4 is 0 Å². The maximum atomic E-state index is 5.76. The maximum absolute atomic E-state index is 5.76. The Kier molecular flexibility index (Phi) is 4.07. The Bertz CT molecular complexity index is 221. The molecule has 2 heteroatoms. The van der Waals surface area contributed by atoms with Gasteiger partial charge >= 0.3 is 0 Å². The molecule has 1 saturated carbocycles. The van der Waals surface area contributed by atoms with Gasteiger partial charge in [-0.15, -0.1) is 0 Å². The minimum absolute atomic E-state index is 0.498. The first-order valence-electron chi connectivity index (χ1n) is 6.46. The zero-order chi connectivity index (χ0) is 10.5. The summed E-state index contributed by atoms with van der Waals surface area (Å²) in [6, 6.07) is 0.498. The fourth-order valence-electron chi connectivity index (χ4n) is 2.12. The highest BCUT2D eigenvalue weighted by molar-refractivity contribution is 5.06. The van der Waals surface area contributed by atoms with E-state index < -0.39 is 0 Å². The van der Waals surface area contributed by atoms with Crippen LogP contribution in [0.1, 0.15) is 45.4 Å². The van der Waals surface area contributed by atoms with Crippen LogP contribution < -0.4 is 5.32 Å². The predicted octanol–water partition coefficient (Wildman–Crippen LogP) is 2.85. The topological polar surface area (TPSA) is 21.3 Å². The predicted molar refractivity (Wildman–Crippen MR) is 62.7 cm³/mol. The number of ether oxygens (including phenoxy) is 1. The molecule has 0 bridgehead atoms. The summed E-state index contributed by atoms with van der Waals surface area (Å²) in [7, 11) is 0. The van der Waals surface area contributed by atoms with Gasteiger partial charge in [0.2, 0.25) is 0 Å². The van der Waals surface area contributed by atoms with Crippen LogP contribution in [0, 0.1) is 5.92 Å². The summed E-state index contributed by atoms with van der Waals surface area (Å²) in [5.41, 5.74) is 0. The summed E-state index contributed by atoms with van der Waals surface area (Å²) >= 11 is 0. The highest BCUT2D eigenvalue weighted by atomic mass is 16.5. The Hall–Kier alpha value is -0.500. The van der Waals surface area contributed by atoms with Crippen LogP contribution in [0.2, 0.25) is 0 Å². The molecule has 0 radical (unpaired) electrons. The van der Waals surface area contributed by atoms with Crippen LogP contribution >= 0.6 is 0 Å². The van der Waals surface area contributed by atoms with Gasteiger partial charge in [-0.05, 0) is 44.2 Å². The SMILES string of the molecule is CCCNC(CC1CC1)C1=CCCCO1. The van der Waals surface area contributed by atoms with Gasteiger partial charge in [-0.3, -0.25) is 0 Å². The van der Waals surface area contributed by atoms with Crippen LogP contribution in [-0.4, -0.2) is 19.2 Å². The molecule has 1 aliphatic heterocycles. The fourth-order valence-corrected chi connectivity index (χ4v) is 2.12. The lowest BCUT2D eigenvalue weighted by atomic mass is 10.1. The molecular weight excluding hydrogens is 186 g/mol. The van der Waals surface area contributed by atoms with Crippen LogP contribution in [0.4, 0.5) is 0 Å². The zero-order valence-corrected chi connectivity index (χ0v) is 9.80. The third-order valence-electron chi connectivity index (χ3n) is 3.21. The van der Waals surface area contributed by atoms with E-state index in [9.17, 15) is 0 Å². The summed E-state index contributed by atoms with van der Waals surface area (Å²) in [4.78, 5) is 0. The first-order valence-corrected chi connectivity index (χ1v) is 6.46. The molecular formula is C13H23NO. The molecule has 1 aliphatic carbocycles. The van der Waals surface area contributed by atoms with Crippen LogP contribution in [0.25, 0.3) is 0 Å². The van der Waals surface area contributed by atoms with Gasteiger partial charge in [0.25, 0.3) is 0 Å². The van der Waals surface area contributed by atoms with E-state index in [0.29, 0.717) is 6.04 Å². The molecule has 2 nitrogen and oxygen atoms in total. The number of hydrogen-bond acceptors (Lipinski definition) is 2. The van der Waals surface area contributed by atoms with Crippen molar-refractivity contribution in [2.75, 3.05) is 13.2 Å². The molecule has 0 aromatic carbocycles. The minimum atomic E-state index is 0.498. The van der Waals surface area contributed by atoms with Crippen LogP contribution in [0.15, 0.2) is 11.8 Å². The van der Waals surface area contributed by atoms with Crippen molar-refractivity contribution in [3.8, 4) is 0 Å². The quantitative estimate of drug-likeness (QED) is 0.726. The first kappa shape index (κ1) is 11.0. The van der Waals surface area contributed by atoms with Crippen molar-refractivity contribution < 1.29 is 4.74 Å². The Labute approximate surface area is 93.1 Å². The highest BCUT2D eigenvalue weighted by Gasteiger charge is 2.28. The van der Waals surface area contributed by atoms with Crippen molar-refractivity contribution in [2.24, 2.45) is 5.92 Å². The molecule has 15 heavy (non-hydrogen) atoms. The summed E-state index contributed by atoms with van der Waals surface area (Å²) < 4.78 is 5.76. The smallest absolute Gasteiger partial charge is 0.109 e. The van der Waals surface area contributed by atoms with Gasteiger partial charge in [0.15, 0.2) is 0 Å². The van der Waals surface area contributed by atoms with Gasteiger partial charge in [-0.25, -0.2) is 0 Å². The van der Waals surface area contributed by atoms with E-state index in [1.165, 1.54) is 44.3 Å². The standard InChI is InChI=1S/C13H23NO/c1-2-8-14-12(10-11-6-7-11)13-5-3-4-9-15-13/h5,11-12,14H,2-4,6-10H2,1H3. The number of allylic oxidation sites excluding steroid dienone is 1. The molecule has 0 spiro atoms.